The van der Waals surface area contributed by atoms with Gasteiger partial charge in [-0.1, -0.05) is 25.1 Å². The number of pyridine rings is 1. The summed E-state index contributed by atoms with van der Waals surface area (Å²) in [4.78, 5) is 15.6. The average Bonchev–Trinajstić information content (AvgIpc) is 3.06. The number of hydrogen-bond donors (Lipinski definition) is 1. The minimum Gasteiger partial charge on any atom is -0.350 e. The van der Waals surface area contributed by atoms with Gasteiger partial charge in [-0.25, -0.2) is 8.42 Å². The van der Waals surface area contributed by atoms with Crippen molar-refractivity contribution in [3.8, 4) is 0 Å². The number of aryl methyl sites for hydroxylation is 1. The second kappa shape index (κ2) is 8.08. The first-order valence-corrected chi connectivity index (χ1v) is 13.0. The lowest BCUT2D eigenvalue weighted by Gasteiger charge is -2.43. The van der Waals surface area contributed by atoms with Crippen LogP contribution in [0.1, 0.15) is 36.9 Å². The molecule has 0 aliphatic carbocycles. The van der Waals surface area contributed by atoms with E-state index in [1.807, 2.05) is 13.0 Å². The van der Waals surface area contributed by atoms with E-state index in [0.717, 1.165) is 31.7 Å². The van der Waals surface area contributed by atoms with E-state index in [-0.39, 0.29) is 22.9 Å². The Balaban J connectivity index is 1.39. The Morgan fingerprint density at radius 2 is 1.91 bits per heavy atom. The SMILES string of the molecule is CCCS(=O)(=O)Nc1ccc2n(c1=O)CC1CC2CN(Cc2cn(C)c3ccccc23)C1. The van der Waals surface area contributed by atoms with E-state index in [4.69, 9.17) is 0 Å². The molecule has 8 heteroatoms. The van der Waals surface area contributed by atoms with Crippen LogP contribution in [0.3, 0.4) is 0 Å². The lowest BCUT2D eigenvalue weighted by atomic mass is 9.83. The third-order valence-corrected chi connectivity index (χ3v) is 8.27. The first-order valence-electron chi connectivity index (χ1n) is 11.3. The molecule has 7 nitrogen and oxygen atoms in total. The van der Waals surface area contributed by atoms with Crippen molar-refractivity contribution in [2.45, 2.75) is 38.8 Å². The summed E-state index contributed by atoms with van der Waals surface area (Å²) in [7, 11) is -1.40. The molecule has 2 unspecified atom stereocenters. The largest absolute Gasteiger partial charge is 0.350 e. The van der Waals surface area contributed by atoms with Crippen molar-refractivity contribution in [2.75, 3.05) is 23.6 Å². The number of aromatic nitrogens is 2. The molecule has 5 rings (SSSR count). The lowest BCUT2D eigenvalue weighted by molar-refractivity contribution is 0.115. The van der Waals surface area contributed by atoms with Crippen molar-refractivity contribution in [1.29, 1.82) is 0 Å². The number of anilines is 1. The Hall–Kier alpha value is -2.58. The first kappa shape index (κ1) is 21.3. The fourth-order valence-electron chi connectivity index (χ4n) is 5.53. The van der Waals surface area contributed by atoms with Crippen LogP contribution in [0, 0.1) is 5.92 Å². The second-order valence-electron chi connectivity index (χ2n) is 9.28. The molecule has 4 heterocycles. The van der Waals surface area contributed by atoms with Gasteiger partial charge in [0.2, 0.25) is 10.0 Å². The van der Waals surface area contributed by atoms with Crippen LogP contribution in [-0.4, -0.2) is 41.3 Å². The maximum atomic E-state index is 13.1. The zero-order chi connectivity index (χ0) is 22.5. The van der Waals surface area contributed by atoms with E-state index in [1.165, 1.54) is 16.5 Å². The highest BCUT2D eigenvalue weighted by Gasteiger charge is 2.35. The van der Waals surface area contributed by atoms with Crippen LogP contribution in [0.5, 0.6) is 0 Å². The normalized spacial score (nSPS) is 20.9. The third-order valence-electron chi connectivity index (χ3n) is 6.79. The number of hydrogen-bond acceptors (Lipinski definition) is 4. The number of likely N-dealkylation sites (tertiary alicyclic amines) is 1. The number of piperidine rings is 1. The van der Waals surface area contributed by atoms with E-state index >= 15 is 0 Å². The average molecular weight is 455 g/mol. The van der Waals surface area contributed by atoms with Gasteiger partial charge in [-0.05, 0) is 42.5 Å². The summed E-state index contributed by atoms with van der Waals surface area (Å²) < 4.78 is 30.8. The molecular formula is C24H30N4O3S. The van der Waals surface area contributed by atoms with Gasteiger partial charge in [0, 0.05) is 61.9 Å². The van der Waals surface area contributed by atoms with Crippen molar-refractivity contribution in [3.05, 3.63) is 64.2 Å². The van der Waals surface area contributed by atoms with E-state index in [9.17, 15) is 13.2 Å². The Morgan fingerprint density at radius 3 is 2.72 bits per heavy atom. The molecule has 2 bridgehead atoms. The highest BCUT2D eigenvalue weighted by Crippen LogP contribution is 2.36. The minimum atomic E-state index is -3.49. The molecule has 2 aliphatic rings. The van der Waals surface area contributed by atoms with Crippen LogP contribution in [-0.2, 0) is 30.2 Å². The number of sulfonamides is 1. The summed E-state index contributed by atoms with van der Waals surface area (Å²) in [6.07, 6.45) is 3.81. The van der Waals surface area contributed by atoms with Crippen molar-refractivity contribution in [3.63, 3.8) is 0 Å². The van der Waals surface area contributed by atoms with Crippen LogP contribution >= 0.6 is 0 Å². The fraction of sp³-hybridized carbons (Fsp3) is 0.458. The molecule has 2 atom stereocenters. The molecule has 170 valence electrons. The summed E-state index contributed by atoms with van der Waals surface area (Å²) in [5.74, 6) is 0.686. The van der Waals surface area contributed by atoms with Crippen molar-refractivity contribution < 1.29 is 8.42 Å². The maximum Gasteiger partial charge on any atom is 0.275 e. The number of para-hydroxylation sites is 1. The molecule has 1 N–H and O–H groups in total. The van der Waals surface area contributed by atoms with Crippen LogP contribution in [0.25, 0.3) is 10.9 Å². The standard InChI is InChI=1S/C24H30N4O3S/c1-3-10-32(30,31)25-21-8-9-22-18-11-17(13-28(22)24(21)29)12-27(15-18)16-19-14-26(2)23-7-5-4-6-20(19)23/h4-9,14,17-18,25H,3,10-13,15-16H2,1-2H3. The van der Waals surface area contributed by atoms with Gasteiger partial charge in [-0.2, -0.15) is 0 Å². The zero-order valence-corrected chi connectivity index (χ0v) is 19.4. The monoisotopic (exact) mass is 454 g/mol. The fourth-order valence-corrected chi connectivity index (χ4v) is 6.66. The van der Waals surface area contributed by atoms with Gasteiger partial charge in [-0.3, -0.25) is 14.4 Å². The number of benzene rings is 1. The van der Waals surface area contributed by atoms with Crippen LogP contribution in [0.2, 0.25) is 0 Å². The molecule has 2 aliphatic heterocycles. The van der Waals surface area contributed by atoms with E-state index in [0.29, 0.717) is 18.9 Å². The molecule has 0 spiro atoms. The summed E-state index contributed by atoms with van der Waals surface area (Å²) in [6.45, 7) is 5.19. The van der Waals surface area contributed by atoms with Gasteiger partial charge in [0.25, 0.3) is 5.56 Å². The second-order valence-corrected chi connectivity index (χ2v) is 11.1. The van der Waals surface area contributed by atoms with E-state index in [1.54, 1.807) is 10.6 Å². The topological polar surface area (TPSA) is 76.3 Å². The summed E-state index contributed by atoms with van der Waals surface area (Å²) in [5.41, 5.74) is 3.54. The smallest absolute Gasteiger partial charge is 0.275 e. The molecule has 2 aromatic heterocycles. The molecule has 0 radical (unpaired) electrons. The van der Waals surface area contributed by atoms with Gasteiger partial charge in [-0.15, -0.1) is 0 Å². The molecule has 3 aromatic rings. The summed E-state index contributed by atoms with van der Waals surface area (Å²) >= 11 is 0. The van der Waals surface area contributed by atoms with Gasteiger partial charge in [0.05, 0.1) is 5.75 Å². The Bertz CT molecular complexity index is 1320. The first-order chi connectivity index (χ1) is 15.3. The Labute approximate surface area is 188 Å². The highest BCUT2D eigenvalue weighted by atomic mass is 32.2. The van der Waals surface area contributed by atoms with Gasteiger partial charge in [0.1, 0.15) is 5.69 Å². The Kier molecular flexibility index (Phi) is 5.37. The van der Waals surface area contributed by atoms with Gasteiger partial charge < -0.3 is 9.13 Å². The lowest BCUT2D eigenvalue weighted by Crippen LogP contribution is -2.47. The predicted molar refractivity (Wildman–Crippen MR) is 127 cm³/mol. The van der Waals surface area contributed by atoms with Crippen molar-refractivity contribution in [2.24, 2.45) is 13.0 Å². The quantitative estimate of drug-likeness (QED) is 0.621. The third kappa shape index (κ3) is 3.86. The molecule has 1 fully saturated rings. The van der Waals surface area contributed by atoms with E-state index in [2.05, 4.69) is 51.7 Å². The van der Waals surface area contributed by atoms with Crippen LogP contribution in [0.4, 0.5) is 5.69 Å². The number of fused-ring (bicyclic) bond motifs is 5. The zero-order valence-electron chi connectivity index (χ0n) is 18.6. The summed E-state index contributed by atoms with van der Waals surface area (Å²) in [6, 6.07) is 12.1. The molecule has 0 saturated carbocycles. The molecular weight excluding hydrogens is 424 g/mol. The molecule has 1 saturated heterocycles. The van der Waals surface area contributed by atoms with Crippen molar-refractivity contribution in [1.82, 2.24) is 14.0 Å². The highest BCUT2D eigenvalue weighted by molar-refractivity contribution is 7.92. The van der Waals surface area contributed by atoms with E-state index < -0.39 is 10.0 Å². The molecule has 0 amide bonds. The van der Waals surface area contributed by atoms with Crippen molar-refractivity contribution >= 4 is 26.6 Å². The summed E-state index contributed by atoms with van der Waals surface area (Å²) in [5, 5.41) is 1.30. The minimum absolute atomic E-state index is 0.0164. The van der Waals surface area contributed by atoms with Crippen LogP contribution in [0.15, 0.2) is 47.4 Å². The number of nitrogens with one attached hydrogen (secondary N) is 1. The maximum absolute atomic E-state index is 13.1. The van der Waals surface area contributed by atoms with Gasteiger partial charge in [0.15, 0.2) is 0 Å². The predicted octanol–water partition coefficient (Wildman–Crippen LogP) is 3.11. The molecule has 32 heavy (non-hydrogen) atoms. The van der Waals surface area contributed by atoms with Gasteiger partial charge >= 0.3 is 0 Å². The number of rotatable bonds is 6. The number of nitrogens with zero attached hydrogens (tertiary/aromatic N) is 3. The van der Waals surface area contributed by atoms with Crippen LogP contribution < -0.4 is 10.3 Å². The molecule has 1 aromatic carbocycles. The Morgan fingerprint density at radius 1 is 1.09 bits per heavy atom.